The van der Waals surface area contributed by atoms with Crippen molar-refractivity contribution in [3.8, 4) is 11.4 Å². The lowest BCUT2D eigenvalue weighted by Gasteiger charge is -2.08. The molecule has 0 bridgehead atoms. The van der Waals surface area contributed by atoms with E-state index in [2.05, 4.69) is 19.9 Å². The van der Waals surface area contributed by atoms with Crippen molar-refractivity contribution in [3.63, 3.8) is 0 Å². The van der Waals surface area contributed by atoms with Crippen LogP contribution in [-0.2, 0) is 16.6 Å². The van der Waals surface area contributed by atoms with Crippen LogP contribution in [0.2, 0.25) is 0 Å². The highest BCUT2D eigenvalue weighted by Gasteiger charge is 2.19. The van der Waals surface area contributed by atoms with Crippen LogP contribution in [-0.4, -0.2) is 38.1 Å². The van der Waals surface area contributed by atoms with Crippen molar-refractivity contribution in [2.24, 2.45) is 7.05 Å². The van der Waals surface area contributed by atoms with Gasteiger partial charge in [-0.1, -0.05) is 11.8 Å². The largest absolute Gasteiger partial charge is 0.468 e. The fourth-order valence-electron chi connectivity index (χ4n) is 1.54. The number of aromatic nitrogens is 4. The SMILES string of the molecule is COC(=O)C(C)Sc1nnc(-c2cccnc2)n1C. The fraction of sp³-hybridized carbons (Fsp3) is 0.333. The van der Waals surface area contributed by atoms with Crippen LogP contribution >= 0.6 is 11.8 Å². The molecule has 0 spiro atoms. The van der Waals surface area contributed by atoms with E-state index >= 15 is 0 Å². The molecule has 19 heavy (non-hydrogen) atoms. The molecule has 1 unspecified atom stereocenters. The van der Waals surface area contributed by atoms with Crippen LogP contribution in [0.5, 0.6) is 0 Å². The standard InChI is InChI=1S/C12H14N4O2S/c1-8(11(17)18-3)19-12-15-14-10(16(12)2)9-5-4-6-13-7-9/h4-8H,1-3H3. The summed E-state index contributed by atoms with van der Waals surface area (Å²) in [7, 11) is 3.23. The first-order valence-electron chi connectivity index (χ1n) is 5.67. The van der Waals surface area contributed by atoms with Crippen LogP contribution in [0, 0.1) is 0 Å². The fourth-order valence-corrected chi connectivity index (χ4v) is 2.38. The third kappa shape index (κ3) is 2.93. The quantitative estimate of drug-likeness (QED) is 0.624. The number of carbonyl (C=O) groups is 1. The molecule has 100 valence electrons. The predicted molar refractivity (Wildman–Crippen MR) is 71.6 cm³/mol. The van der Waals surface area contributed by atoms with E-state index in [1.807, 2.05) is 23.7 Å². The van der Waals surface area contributed by atoms with Crippen LogP contribution in [0.3, 0.4) is 0 Å². The highest BCUT2D eigenvalue weighted by molar-refractivity contribution is 8.00. The van der Waals surface area contributed by atoms with Gasteiger partial charge in [0.05, 0.1) is 7.11 Å². The van der Waals surface area contributed by atoms with Gasteiger partial charge in [0.25, 0.3) is 0 Å². The lowest BCUT2D eigenvalue weighted by Crippen LogP contribution is -2.15. The first-order valence-corrected chi connectivity index (χ1v) is 6.55. The summed E-state index contributed by atoms with van der Waals surface area (Å²) in [6.07, 6.45) is 3.43. The molecule has 0 aliphatic rings. The minimum Gasteiger partial charge on any atom is -0.468 e. The zero-order valence-corrected chi connectivity index (χ0v) is 11.7. The first-order chi connectivity index (χ1) is 9.13. The minimum absolute atomic E-state index is 0.282. The van der Waals surface area contributed by atoms with Gasteiger partial charge in [0.2, 0.25) is 0 Å². The molecular formula is C12H14N4O2S. The Morgan fingerprint density at radius 2 is 2.26 bits per heavy atom. The van der Waals surface area contributed by atoms with Gasteiger partial charge in [0, 0.05) is 25.0 Å². The number of pyridine rings is 1. The summed E-state index contributed by atoms with van der Waals surface area (Å²) < 4.78 is 6.52. The van der Waals surface area contributed by atoms with Gasteiger partial charge in [-0.05, 0) is 19.1 Å². The molecule has 0 aliphatic heterocycles. The van der Waals surface area contributed by atoms with Crippen LogP contribution < -0.4 is 0 Å². The maximum absolute atomic E-state index is 11.4. The van der Waals surface area contributed by atoms with E-state index in [-0.39, 0.29) is 11.2 Å². The number of carbonyl (C=O) groups excluding carboxylic acids is 1. The Balaban J connectivity index is 2.22. The summed E-state index contributed by atoms with van der Waals surface area (Å²) in [6, 6.07) is 3.75. The lowest BCUT2D eigenvalue weighted by atomic mass is 10.3. The number of nitrogens with zero attached hydrogens (tertiary/aromatic N) is 4. The van der Waals surface area contributed by atoms with Crippen molar-refractivity contribution in [2.75, 3.05) is 7.11 Å². The number of hydrogen-bond donors (Lipinski definition) is 0. The van der Waals surface area contributed by atoms with E-state index in [1.54, 1.807) is 19.3 Å². The molecule has 0 aromatic carbocycles. The van der Waals surface area contributed by atoms with Gasteiger partial charge < -0.3 is 9.30 Å². The Bertz CT molecular complexity index is 570. The topological polar surface area (TPSA) is 69.9 Å². The number of thioether (sulfide) groups is 1. The van der Waals surface area contributed by atoms with E-state index in [1.165, 1.54) is 18.9 Å². The molecule has 2 aromatic rings. The normalized spacial score (nSPS) is 12.2. The average Bonchev–Trinajstić information content (AvgIpc) is 2.80. The maximum atomic E-state index is 11.4. The molecule has 0 radical (unpaired) electrons. The molecular weight excluding hydrogens is 264 g/mol. The van der Waals surface area contributed by atoms with Gasteiger partial charge in [-0.2, -0.15) is 0 Å². The molecule has 0 saturated carbocycles. The smallest absolute Gasteiger partial charge is 0.318 e. The Morgan fingerprint density at radius 3 is 2.89 bits per heavy atom. The van der Waals surface area contributed by atoms with Gasteiger partial charge >= 0.3 is 5.97 Å². The van der Waals surface area contributed by atoms with Crippen molar-refractivity contribution < 1.29 is 9.53 Å². The first kappa shape index (κ1) is 13.5. The maximum Gasteiger partial charge on any atom is 0.318 e. The van der Waals surface area contributed by atoms with E-state index in [0.29, 0.717) is 11.0 Å². The second-order valence-corrected chi connectivity index (χ2v) is 5.20. The number of rotatable bonds is 4. The van der Waals surface area contributed by atoms with Gasteiger partial charge in [-0.15, -0.1) is 10.2 Å². The Hall–Kier alpha value is -1.89. The second-order valence-electron chi connectivity index (χ2n) is 3.89. The molecule has 0 N–H and O–H groups in total. The summed E-state index contributed by atoms with van der Waals surface area (Å²) in [4.78, 5) is 15.4. The molecule has 2 aromatic heterocycles. The van der Waals surface area contributed by atoms with Crippen LogP contribution in [0.25, 0.3) is 11.4 Å². The van der Waals surface area contributed by atoms with Crippen molar-refractivity contribution in [2.45, 2.75) is 17.3 Å². The van der Waals surface area contributed by atoms with Crippen LogP contribution in [0.4, 0.5) is 0 Å². The summed E-state index contributed by atoms with van der Waals surface area (Å²) >= 11 is 1.31. The number of methoxy groups -OCH3 is 1. The summed E-state index contributed by atoms with van der Waals surface area (Å²) in [5, 5.41) is 8.55. The molecule has 0 saturated heterocycles. The molecule has 2 heterocycles. The summed E-state index contributed by atoms with van der Waals surface area (Å²) in [5.74, 6) is 0.434. The van der Waals surface area contributed by atoms with Crippen molar-refractivity contribution in [1.82, 2.24) is 19.7 Å². The van der Waals surface area contributed by atoms with Crippen molar-refractivity contribution in [3.05, 3.63) is 24.5 Å². The van der Waals surface area contributed by atoms with Gasteiger partial charge in [-0.25, -0.2) is 0 Å². The number of esters is 1. The van der Waals surface area contributed by atoms with Crippen LogP contribution in [0.15, 0.2) is 29.7 Å². The molecule has 1 atom stereocenters. The third-order valence-electron chi connectivity index (χ3n) is 2.57. The zero-order chi connectivity index (χ0) is 13.8. The van der Waals surface area contributed by atoms with Crippen LogP contribution in [0.1, 0.15) is 6.92 Å². The van der Waals surface area contributed by atoms with E-state index < -0.39 is 0 Å². The molecule has 7 heteroatoms. The molecule has 2 rings (SSSR count). The summed E-state index contributed by atoms with van der Waals surface area (Å²) in [5.41, 5.74) is 0.884. The second kappa shape index (κ2) is 5.83. The summed E-state index contributed by atoms with van der Waals surface area (Å²) in [6.45, 7) is 1.77. The zero-order valence-electron chi connectivity index (χ0n) is 10.9. The molecule has 6 nitrogen and oxygen atoms in total. The molecule has 0 fully saturated rings. The van der Waals surface area contributed by atoms with Crippen molar-refractivity contribution >= 4 is 17.7 Å². The molecule has 0 aliphatic carbocycles. The van der Waals surface area contributed by atoms with Gasteiger partial charge in [-0.3, -0.25) is 9.78 Å². The highest BCUT2D eigenvalue weighted by Crippen LogP contribution is 2.25. The van der Waals surface area contributed by atoms with E-state index in [9.17, 15) is 4.79 Å². The number of hydrogen-bond acceptors (Lipinski definition) is 6. The Morgan fingerprint density at radius 1 is 1.47 bits per heavy atom. The Kier molecular flexibility index (Phi) is 4.16. The van der Waals surface area contributed by atoms with E-state index in [4.69, 9.17) is 0 Å². The van der Waals surface area contributed by atoms with Crippen molar-refractivity contribution in [1.29, 1.82) is 0 Å². The van der Waals surface area contributed by atoms with Gasteiger partial charge in [0.15, 0.2) is 11.0 Å². The lowest BCUT2D eigenvalue weighted by molar-refractivity contribution is -0.139. The molecule has 0 amide bonds. The van der Waals surface area contributed by atoms with Gasteiger partial charge in [0.1, 0.15) is 5.25 Å². The average molecular weight is 278 g/mol. The monoisotopic (exact) mass is 278 g/mol. The Labute approximate surface area is 115 Å². The van der Waals surface area contributed by atoms with E-state index in [0.717, 1.165) is 5.56 Å². The predicted octanol–water partition coefficient (Wildman–Crippen LogP) is 1.53. The number of ether oxygens (including phenoxy) is 1. The highest BCUT2D eigenvalue weighted by atomic mass is 32.2. The third-order valence-corrected chi connectivity index (χ3v) is 3.68. The minimum atomic E-state index is -0.324.